The van der Waals surface area contributed by atoms with Crippen LogP contribution in [0.3, 0.4) is 0 Å². The molecular weight excluding hydrogens is 219 g/mol. The van der Waals surface area contributed by atoms with Gasteiger partial charge < -0.3 is 0 Å². The normalized spacial score (nSPS) is 10.5. The average molecular weight is 227 g/mol. The highest BCUT2D eigenvalue weighted by Crippen LogP contribution is 2.32. The molecule has 0 saturated carbocycles. The molecule has 1 aromatic heterocycles. The van der Waals surface area contributed by atoms with Gasteiger partial charge in [0.05, 0.1) is 15.7 Å². The number of hydrogen-bond donors (Lipinski definition) is 0. The highest BCUT2D eigenvalue weighted by Gasteiger charge is 2.09. The van der Waals surface area contributed by atoms with Gasteiger partial charge in [0.25, 0.3) is 0 Å². The van der Waals surface area contributed by atoms with Crippen LogP contribution in [0.4, 0.5) is 0 Å². The van der Waals surface area contributed by atoms with Crippen molar-refractivity contribution < 1.29 is 0 Å². The number of halogens is 2. The Morgan fingerprint density at radius 1 is 1.14 bits per heavy atom. The third-order valence-electron chi connectivity index (χ3n) is 1.93. The topological polar surface area (TPSA) is 17.8 Å². The molecule has 0 aliphatic carbocycles. The molecule has 14 heavy (non-hydrogen) atoms. The largest absolute Gasteiger partial charge is 0.275 e. The van der Waals surface area contributed by atoms with Gasteiger partial charge in [0.15, 0.2) is 0 Å². The van der Waals surface area contributed by atoms with Crippen molar-refractivity contribution in [1.82, 2.24) is 9.78 Å². The molecule has 4 heteroatoms. The Morgan fingerprint density at radius 2 is 1.79 bits per heavy atom. The first-order valence-electron chi connectivity index (χ1n) is 4.12. The van der Waals surface area contributed by atoms with Crippen molar-refractivity contribution in [3.8, 4) is 11.3 Å². The number of rotatable bonds is 1. The van der Waals surface area contributed by atoms with Crippen LogP contribution >= 0.6 is 23.2 Å². The SMILES string of the molecule is Cn1ccc(-c2c(Cl)cccc2Cl)n1. The van der Waals surface area contributed by atoms with Gasteiger partial charge in [0.2, 0.25) is 0 Å². The summed E-state index contributed by atoms with van der Waals surface area (Å²) >= 11 is 12.1. The first-order chi connectivity index (χ1) is 6.68. The molecule has 0 unspecified atom stereocenters. The molecular formula is C10H8Cl2N2. The van der Waals surface area contributed by atoms with Crippen LogP contribution in [0.25, 0.3) is 11.3 Å². The number of benzene rings is 1. The summed E-state index contributed by atoms with van der Waals surface area (Å²) in [6.45, 7) is 0. The van der Waals surface area contributed by atoms with E-state index in [1.165, 1.54) is 0 Å². The molecule has 0 aliphatic heterocycles. The first-order valence-corrected chi connectivity index (χ1v) is 4.88. The molecule has 1 heterocycles. The minimum absolute atomic E-state index is 0.621. The van der Waals surface area contributed by atoms with Crippen molar-refractivity contribution in [3.05, 3.63) is 40.5 Å². The van der Waals surface area contributed by atoms with Crippen LogP contribution < -0.4 is 0 Å². The van der Waals surface area contributed by atoms with Crippen LogP contribution in [0.15, 0.2) is 30.5 Å². The van der Waals surface area contributed by atoms with Crippen LogP contribution in [-0.4, -0.2) is 9.78 Å². The Bertz CT molecular complexity index is 443. The summed E-state index contributed by atoms with van der Waals surface area (Å²) in [5.74, 6) is 0. The van der Waals surface area contributed by atoms with E-state index in [4.69, 9.17) is 23.2 Å². The van der Waals surface area contributed by atoms with E-state index < -0.39 is 0 Å². The molecule has 72 valence electrons. The smallest absolute Gasteiger partial charge is 0.0953 e. The lowest BCUT2D eigenvalue weighted by Gasteiger charge is -2.02. The van der Waals surface area contributed by atoms with Gasteiger partial charge in [-0.25, -0.2) is 0 Å². The minimum atomic E-state index is 0.621. The predicted molar refractivity (Wildman–Crippen MR) is 58.7 cm³/mol. The zero-order chi connectivity index (χ0) is 10.1. The number of hydrogen-bond acceptors (Lipinski definition) is 1. The van der Waals surface area contributed by atoms with Crippen LogP contribution in [0.1, 0.15) is 0 Å². The monoisotopic (exact) mass is 226 g/mol. The molecule has 0 radical (unpaired) electrons. The van der Waals surface area contributed by atoms with Gasteiger partial charge in [-0.05, 0) is 18.2 Å². The molecule has 1 aromatic carbocycles. The fourth-order valence-corrected chi connectivity index (χ4v) is 1.88. The predicted octanol–water partition coefficient (Wildman–Crippen LogP) is 3.39. The van der Waals surface area contributed by atoms with Gasteiger partial charge in [-0.2, -0.15) is 5.10 Å². The summed E-state index contributed by atoms with van der Waals surface area (Å²) in [6, 6.07) is 7.30. The highest BCUT2D eigenvalue weighted by molar-refractivity contribution is 6.39. The summed E-state index contributed by atoms with van der Waals surface area (Å²) in [6.07, 6.45) is 1.86. The first kappa shape index (κ1) is 9.56. The standard InChI is InChI=1S/C10H8Cl2N2/c1-14-6-5-9(13-14)10-7(11)3-2-4-8(10)12/h2-6H,1H3. The Balaban J connectivity index is 2.61. The number of aryl methyl sites for hydroxylation is 1. The quantitative estimate of drug-likeness (QED) is 0.730. The van der Waals surface area contributed by atoms with Crippen molar-refractivity contribution in [1.29, 1.82) is 0 Å². The van der Waals surface area contributed by atoms with Crippen LogP contribution in [0, 0.1) is 0 Å². The zero-order valence-corrected chi connectivity index (χ0v) is 9.05. The second-order valence-corrected chi connectivity index (χ2v) is 3.79. The Labute approximate surface area is 92.1 Å². The van der Waals surface area contributed by atoms with Gasteiger partial charge in [-0.15, -0.1) is 0 Å². The highest BCUT2D eigenvalue weighted by atomic mass is 35.5. The number of aromatic nitrogens is 2. The maximum atomic E-state index is 6.04. The summed E-state index contributed by atoms with van der Waals surface area (Å²) in [4.78, 5) is 0. The molecule has 0 aliphatic rings. The van der Waals surface area contributed by atoms with Gasteiger partial charge in [-0.1, -0.05) is 29.3 Å². The minimum Gasteiger partial charge on any atom is -0.275 e. The van der Waals surface area contributed by atoms with Crippen LogP contribution in [0.5, 0.6) is 0 Å². The molecule has 0 amide bonds. The summed E-state index contributed by atoms with van der Waals surface area (Å²) < 4.78 is 1.72. The molecule has 2 rings (SSSR count). The van der Waals surface area contributed by atoms with Gasteiger partial charge >= 0.3 is 0 Å². The van der Waals surface area contributed by atoms with E-state index in [9.17, 15) is 0 Å². The second kappa shape index (κ2) is 3.64. The Hall–Kier alpha value is -0.990. The number of nitrogens with zero attached hydrogens (tertiary/aromatic N) is 2. The second-order valence-electron chi connectivity index (χ2n) is 2.97. The molecule has 0 saturated heterocycles. The molecule has 2 aromatic rings. The summed E-state index contributed by atoms with van der Waals surface area (Å²) in [7, 11) is 1.86. The van der Waals surface area contributed by atoms with Gasteiger partial charge in [0.1, 0.15) is 0 Å². The molecule has 0 bridgehead atoms. The summed E-state index contributed by atoms with van der Waals surface area (Å²) in [5, 5.41) is 5.49. The van der Waals surface area contributed by atoms with E-state index >= 15 is 0 Å². The van der Waals surface area contributed by atoms with E-state index in [-0.39, 0.29) is 0 Å². The lowest BCUT2D eigenvalue weighted by molar-refractivity contribution is 0.771. The van der Waals surface area contributed by atoms with E-state index in [0.29, 0.717) is 10.0 Å². The van der Waals surface area contributed by atoms with E-state index in [1.807, 2.05) is 25.4 Å². The molecule has 2 nitrogen and oxygen atoms in total. The van der Waals surface area contributed by atoms with Crippen molar-refractivity contribution in [2.75, 3.05) is 0 Å². The van der Waals surface area contributed by atoms with Crippen molar-refractivity contribution in [2.24, 2.45) is 7.05 Å². The van der Waals surface area contributed by atoms with E-state index in [1.54, 1.807) is 16.8 Å². The van der Waals surface area contributed by atoms with E-state index in [0.717, 1.165) is 11.3 Å². The molecule has 0 N–H and O–H groups in total. The maximum Gasteiger partial charge on any atom is 0.0953 e. The van der Waals surface area contributed by atoms with Crippen molar-refractivity contribution in [3.63, 3.8) is 0 Å². The fourth-order valence-electron chi connectivity index (χ4n) is 1.29. The van der Waals surface area contributed by atoms with Gasteiger partial charge in [-0.3, -0.25) is 4.68 Å². The van der Waals surface area contributed by atoms with E-state index in [2.05, 4.69) is 5.10 Å². The van der Waals surface area contributed by atoms with Crippen LogP contribution in [-0.2, 0) is 7.05 Å². The maximum absolute atomic E-state index is 6.04. The molecule has 0 spiro atoms. The van der Waals surface area contributed by atoms with Crippen molar-refractivity contribution in [2.45, 2.75) is 0 Å². The molecule has 0 fully saturated rings. The Kier molecular flexibility index (Phi) is 2.48. The third-order valence-corrected chi connectivity index (χ3v) is 2.56. The Morgan fingerprint density at radius 3 is 2.29 bits per heavy atom. The van der Waals surface area contributed by atoms with Crippen molar-refractivity contribution >= 4 is 23.2 Å². The van der Waals surface area contributed by atoms with Gasteiger partial charge in [0, 0.05) is 18.8 Å². The fraction of sp³-hybridized carbons (Fsp3) is 0.100. The average Bonchev–Trinajstić information content (AvgIpc) is 2.51. The zero-order valence-electron chi connectivity index (χ0n) is 7.54. The van der Waals surface area contributed by atoms with Crippen LogP contribution in [0.2, 0.25) is 10.0 Å². The molecule has 0 atom stereocenters. The summed E-state index contributed by atoms with van der Waals surface area (Å²) in [5.41, 5.74) is 1.58. The lowest BCUT2D eigenvalue weighted by atomic mass is 10.1. The third kappa shape index (κ3) is 1.63. The lowest BCUT2D eigenvalue weighted by Crippen LogP contribution is -1.88.